The molecule has 2 unspecified atom stereocenters. The normalized spacial score (nSPS) is 15.7. The second-order valence-electron chi connectivity index (χ2n) is 13.0. The summed E-state index contributed by atoms with van der Waals surface area (Å²) in [5.74, 6) is -2.09. The van der Waals surface area contributed by atoms with Crippen LogP contribution in [-0.2, 0) is 0 Å². The minimum atomic E-state index is -0.574. The van der Waals surface area contributed by atoms with E-state index in [2.05, 4.69) is 80.8 Å². The molecule has 0 saturated carbocycles. The molecule has 0 aliphatic carbocycles. The van der Waals surface area contributed by atoms with Crippen LogP contribution in [0.4, 0.5) is 0 Å². The van der Waals surface area contributed by atoms with E-state index in [1.54, 1.807) is 0 Å². The fourth-order valence-corrected chi connectivity index (χ4v) is 4.91. The molecular formula is C28H49BN2O4. The SMILES string of the molecule is BC(C)(C)CC(C)(CC)CNC(=O)c1ccc(C(=O)NCC(C)(CC)CC(C)(C)CC)c(O)c1O. The molecule has 0 aliphatic heterocycles. The van der Waals surface area contributed by atoms with Crippen molar-refractivity contribution < 1.29 is 19.8 Å². The van der Waals surface area contributed by atoms with Gasteiger partial charge in [-0.1, -0.05) is 74.0 Å². The Labute approximate surface area is 214 Å². The predicted molar refractivity (Wildman–Crippen MR) is 147 cm³/mol. The maximum atomic E-state index is 12.8. The topological polar surface area (TPSA) is 98.7 Å². The van der Waals surface area contributed by atoms with E-state index in [1.165, 1.54) is 12.1 Å². The number of phenols is 2. The molecule has 198 valence electrons. The summed E-state index contributed by atoms with van der Waals surface area (Å²) in [7, 11) is 2.17. The zero-order valence-electron chi connectivity index (χ0n) is 23.8. The van der Waals surface area contributed by atoms with Crippen LogP contribution in [0, 0.1) is 16.2 Å². The standard InChI is InChI=1S/C28H49BN2O4/c1-10-25(4,5)15-27(8,11-2)17-30-23(34)19-13-14-20(22(33)21(19)32)24(35)31-18-28(9,12-3)16-26(6,7)29/h13-14,32-33H,10-12,15-18,29H2,1-9H3,(H,30,34)(H,31,35). The molecule has 7 heteroatoms. The predicted octanol–water partition coefficient (Wildman–Crippen LogP) is 5.44. The summed E-state index contributed by atoms with van der Waals surface area (Å²) in [4.78, 5) is 25.6. The van der Waals surface area contributed by atoms with Crippen LogP contribution in [0.3, 0.4) is 0 Å². The third-order valence-corrected chi connectivity index (χ3v) is 7.52. The molecule has 0 aromatic heterocycles. The van der Waals surface area contributed by atoms with Gasteiger partial charge in [-0.25, -0.2) is 0 Å². The third-order valence-electron chi connectivity index (χ3n) is 7.52. The monoisotopic (exact) mass is 488 g/mol. The van der Waals surface area contributed by atoms with Crippen molar-refractivity contribution in [1.29, 1.82) is 0 Å². The van der Waals surface area contributed by atoms with Gasteiger partial charge in [0.05, 0.1) is 11.1 Å². The van der Waals surface area contributed by atoms with Crippen molar-refractivity contribution in [1.82, 2.24) is 10.6 Å². The first-order chi connectivity index (χ1) is 15.9. The summed E-state index contributed by atoms with van der Waals surface area (Å²) in [6, 6.07) is 2.79. The summed E-state index contributed by atoms with van der Waals surface area (Å²) < 4.78 is 0. The molecule has 35 heavy (non-hydrogen) atoms. The molecule has 1 rings (SSSR count). The van der Waals surface area contributed by atoms with E-state index in [0.29, 0.717) is 13.1 Å². The van der Waals surface area contributed by atoms with Gasteiger partial charge < -0.3 is 20.8 Å². The van der Waals surface area contributed by atoms with Crippen LogP contribution in [0.5, 0.6) is 11.5 Å². The number of amides is 2. The minimum absolute atomic E-state index is 0.0432. The number of phenolic OH excluding ortho intramolecular Hbond substituents is 2. The quantitative estimate of drug-likeness (QED) is 0.220. The summed E-state index contributed by atoms with van der Waals surface area (Å²) in [6.07, 6.45) is 4.73. The number of aromatic hydroxyl groups is 2. The molecule has 2 atom stereocenters. The average Bonchev–Trinajstić information content (AvgIpc) is 2.76. The lowest BCUT2D eigenvalue weighted by Gasteiger charge is -2.36. The van der Waals surface area contributed by atoms with Gasteiger partial charge in [0.2, 0.25) is 0 Å². The second kappa shape index (κ2) is 11.7. The zero-order valence-corrected chi connectivity index (χ0v) is 23.8. The van der Waals surface area contributed by atoms with Crippen LogP contribution >= 0.6 is 0 Å². The highest BCUT2D eigenvalue weighted by atomic mass is 16.3. The molecule has 1 aromatic rings. The van der Waals surface area contributed by atoms with Crippen LogP contribution < -0.4 is 10.6 Å². The Balaban J connectivity index is 2.96. The molecule has 6 nitrogen and oxygen atoms in total. The Morgan fingerprint density at radius 1 is 0.743 bits per heavy atom. The highest BCUT2D eigenvalue weighted by Gasteiger charge is 2.32. The summed E-state index contributed by atoms with van der Waals surface area (Å²) in [6.45, 7) is 20.4. The van der Waals surface area contributed by atoms with E-state index in [-0.39, 0.29) is 32.7 Å². The zero-order chi connectivity index (χ0) is 27.2. The molecule has 0 heterocycles. The first kappa shape index (κ1) is 30.9. The van der Waals surface area contributed by atoms with Gasteiger partial charge in [-0.3, -0.25) is 9.59 Å². The lowest BCUT2D eigenvalue weighted by atomic mass is 9.62. The van der Waals surface area contributed by atoms with Crippen LogP contribution in [0.15, 0.2) is 12.1 Å². The maximum Gasteiger partial charge on any atom is 0.255 e. The minimum Gasteiger partial charge on any atom is -0.504 e. The number of hydrogen-bond donors (Lipinski definition) is 4. The fraction of sp³-hybridized carbons (Fsp3) is 0.714. The Bertz CT molecular complexity index is 894. The molecule has 0 aliphatic rings. The van der Waals surface area contributed by atoms with Gasteiger partial charge in [-0.2, -0.15) is 0 Å². The lowest BCUT2D eigenvalue weighted by molar-refractivity contribution is 0.0896. The van der Waals surface area contributed by atoms with Gasteiger partial charge >= 0.3 is 0 Å². The van der Waals surface area contributed by atoms with E-state index in [4.69, 9.17) is 0 Å². The lowest BCUT2D eigenvalue weighted by Crippen LogP contribution is -2.38. The number of nitrogens with one attached hydrogen (secondary N) is 2. The smallest absolute Gasteiger partial charge is 0.255 e. The van der Waals surface area contributed by atoms with Crippen molar-refractivity contribution >= 4 is 19.7 Å². The molecule has 4 N–H and O–H groups in total. The highest BCUT2D eigenvalue weighted by Crippen LogP contribution is 2.40. The van der Waals surface area contributed by atoms with Gasteiger partial charge in [0, 0.05) is 13.1 Å². The molecule has 0 spiro atoms. The molecule has 0 saturated heterocycles. The van der Waals surface area contributed by atoms with Crippen molar-refractivity contribution in [3.8, 4) is 11.5 Å². The molecular weight excluding hydrogens is 439 g/mol. The number of carbonyl (C=O) groups excluding carboxylic acids is 2. The molecule has 0 radical (unpaired) electrons. The number of rotatable bonds is 13. The fourth-order valence-electron chi connectivity index (χ4n) is 4.91. The first-order valence-electron chi connectivity index (χ1n) is 13.0. The Kier molecular flexibility index (Phi) is 10.3. The van der Waals surface area contributed by atoms with Gasteiger partial charge in [0.25, 0.3) is 11.8 Å². The molecule has 1 aromatic carbocycles. The van der Waals surface area contributed by atoms with E-state index in [1.807, 2.05) is 0 Å². The maximum absolute atomic E-state index is 12.8. The van der Waals surface area contributed by atoms with Crippen LogP contribution in [0.2, 0.25) is 5.31 Å². The van der Waals surface area contributed by atoms with E-state index in [9.17, 15) is 19.8 Å². The number of carbonyl (C=O) groups is 2. The Hall–Kier alpha value is -2.18. The van der Waals surface area contributed by atoms with Crippen LogP contribution in [0.1, 0.15) is 115 Å². The average molecular weight is 489 g/mol. The second-order valence-corrected chi connectivity index (χ2v) is 13.0. The van der Waals surface area contributed by atoms with Gasteiger partial charge in [-0.05, 0) is 54.1 Å². The summed E-state index contributed by atoms with van der Waals surface area (Å²) >= 11 is 0. The van der Waals surface area contributed by atoms with Crippen LogP contribution in [0.25, 0.3) is 0 Å². The van der Waals surface area contributed by atoms with Crippen molar-refractivity contribution in [3.05, 3.63) is 23.3 Å². The summed E-state index contributed by atoms with van der Waals surface area (Å²) in [5, 5.41) is 27.0. The van der Waals surface area contributed by atoms with Gasteiger partial charge in [-0.15, -0.1) is 0 Å². The van der Waals surface area contributed by atoms with E-state index in [0.717, 1.165) is 32.1 Å². The number of hydrogen-bond acceptors (Lipinski definition) is 4. The Morgan fingerprint density at radius 2 is 1.11 bits per heavy atom. The molecule has 0 bridgehead atoms. The van der Waals surface area contributed by atoms with E-state index < -0.39 is 23.3 Å². The number of benzene rings is 1. The van der Waals surface area contributed by atoms with Gasteiger partial charge in [0.15, 0.2) is 11.5 Å². The van der Waals surface area contributed by atoms with Crippen molar-refractivity contribution in [2.75, 3.05) is 13.1 Å². The molecule has 0 fully saturated rings. The van der Waals surface area contributed by atoms with E-state index >= 15 is 0 Å². The van der Waals surface area contributed by atoms with Crippen LogP contribution in [-0.4, -0.2) is 43.0 Å². The summed E-state index contributed by atoms with van der Waals surface area (Å²) in [5.41, 5.74) is -0.115. The van der Waals surface area contributed by atoms with Crippen molar-refractivity contribution in [2.24, 2.45) is 16.2 Å². The Morgan fingerprint density at radius 3 is 1.43 bits per heavy atom. The first-order valence-corrected chi connectivity index (χ1v) is 13.0. The largest absolute Gasteiger partial charge is 0.504 e. The van der Waals surface area contributed by atoms with Crippen molar-refractivity contribution in [2.45, 2.75) is 99.7 Å². The third kappa shape index (κ3) is 9.08. The van der Waals surface area contributed by atoms with Crippen molar-refractivity contribution in [3.63, 3.8) is 0 Å². The molecule has 2 amide bonds. The highest BCUT2D eigenvalue weighted by molar-refractivity contribution is 6.14. The van der Waals surface area contributed by atoms with Gasteiger partial charge in [0.1, 0.15) is 7.85 Å².